The van der Waals surface area contributed by atoms with Gasteiger partial charge in [0, 0.05) is 34.2 Å². The van der Waals surface area contributed by atoms with Crippen molar-refractivity contribution in [2.45, 2.75) is 87.5 Å². The van der Waals surface area contributed by atoms with E-state index in [2.05, 4.69) is 41.8 Å². The van der Waals surface area contributed by atoms with Gasteiger partial charge in [0.1, 0.15) is 0 Å². The first-order valence-corrected chi connectivity index (χ1v) is 19.9. The molecule has 4 bridgehead atoms. The molecule has 276 valence electrons. The minimum Gasteiger partial charge on any atom is -0.478 e. The van der Waals surface area contributed by atoms with E-state index in [9.17, 15) is 19.8 Å². The predicted molar refractivity (Wildman–Crippen MR) is 205 cm³/mol. The van der Waals surface area contributed by atoms with Crippen molar-refractivity contribution in [1.29, 1.82) is 0 Å². The molecule has 0 aromatic heterocycles. The van der Waals surface area contributed by atoms with Crippen molar-refractivity contribution in [2.75, 3.05) is 5.75 Å². The van der Waals surface area contributed by atoms with Gasteiger partial charge >= 0.3 is 12.0 Å². The second-order valence-electron chi connectivity index (χ2n) is 15.8. The number of urea groups is 1. The lowest BCUT2D eigenvalue weighted by Gasteiger charge is -2.56. The Balaban J connectivity index is 0.947. The monoisotopic (exact) mass is 732 g/mol. The van der Waals surface area contributed by atoms with Gasteiger partial charge in [-0.2, -0.15) is 0 Å². The van der Waals surface area contributed by atoms with Crippen LogP contribution in [0.3, 0.4) is 0 Å². The number of hydrogen-bond acceptors (Lipinski definition) is 6. The van der Waals surface area contributed by atoms with Crippen LogP contribution in [0, 0.1) is 23.7 Å². The molecular weight excluding hydrogens is 685 g/mol. The van der Waals surface area contributed by atoms with Crippen LogP contribution in [0.25, 0.3) is 11.1 Å². The minimum atomic E-state index is -0.950. The summed E-state index contributed by atoms with van der Waals surface area (Å²) in [5.41, 5.74) is 6.13. The van der Waals surface area contributed by atoms with Gasteiger partial charge in [0.25, 0.3) is 0 Å². The Morgan fingerprint density at radius 2 is 1.47 bits per heavy atom. The summed E-state index contributed by atoms with van der Waals surface area (Å²) >= 11 is 1.48. The summed E-state index contributed by atoms with van der Waals surface area (Å²) in [6.07, 6.45) is 6.31. The maximum atomic E-state index is 13.1. The average Bonchev–Trinajstić information content (AvgIpc) is 3.16. The van der Waals surface area contributed by atoms with Gasteiger partial charge in [0.05, 0.1) is 24.4 Å². The third-order valence-electron chi connectivity index (χ3n) is 12.0. The largest absolute Gasteiger partial charge is 0.478 e. The van der Waals surface area contributed by atoms with E-state index in [0.29, 0.717) is 17.2 Å². The molecule has 4 aliphatic carbocycles. The number of amides is 2. The molecule has 9 heteroatoms. The second kappa shape index (κ2) is 15.3. The number of thioether (sulfide) groups is 1. The number of carbonyl (C=O) groups is 2. The molecule has 4 atom stereocenters. The van der Waals surface area contributed by atoms with Gasteiger partial charge in [-0.1, -0.05) is 85.8 Å². The number of ether oxygens (including phenoxy) is 2. The first kappa shape index (κ1) is 35.9. The van der Waals surface area contributed by atoms with E-state index in [1.807, 2.05) is 60.7 Å². The van der Waals surface area contributed by atoms with Gasteiger partial charge in [-0.3, -0.25) is 0 Å². The molecule has 53 heavy (non-hydrogen) atoms. The van der Waals surface area contributed by atoms with Crippen molar-refractivity contribution >= 4 is 23.8 Å². The molecule has 4 aromatic rings. The Bertz CT molecular complexity index is 1900. The Labute approximate surface area is 315 Å². The van der Waals surface area contributed by atoms with Crippen molar-refractivity contribution in [3.63, 3.8) is 0 Å². The molecule has 5 aliphatic rings. The highest BCUT2D eigenvalue weighted by Gasteiger charge is 2.51. The van der Waals surface area contributed by atoms with Crippen LogP contribution in [0.1, 0.15) is 90.5 Å². The molecule has 4 saturated carbocycles. The zero-order chi connectivity index (χ0) is 36.5. The number of hydrogen-bond donors (Lipinski definition) is 4. The number of aromatic carboxylic acids is 1. The Kier molecular flexibility index (Phi) is 10.4. The molecule has 0 unspecified atom stereocenters. The number of carboxylic acid groups (broad SMARTS) is 1. The van der Waals surface area contributed by atoms with Crippen molar-refractivity contribution in [3.8, 4) is 11.1 Å². The van der Waals surface area contributed by atoms with Gasteiger partial charge in [0.2, 0.25) is 0 Å². The highest BCUT2D eigenvalue weighted by molar-refractivity contribution is 7.99. The van der Waals surface area contributed by atoms with Gasteiger partial charge in [0.15, 0.2) is 6.29 Å². The van der Waals surface area contributed by atoms with Crippen LogP contribution in [-0.2, 0) is 22.6 Å². The molecule has 9 rings (SSSR count). The molecule has 2 amide bonds. The summed E-state index contributed by atoms with van der Waals surface area (Å²) in [4.78, 5) is 25.7. The molecule has 4 N–H and O–H groups in total. The number of aliphatic hydroxyl groups is 1. The molecule has 4 aromatic carbocycles. The summed E-state index contributed by atoms with van der Waals surface area (Å²) in [5, 5.41) is 25.9. The normalized spacial score (nSPS) is 28.8. The number of carboxylic acids is 1. The maximum absolute atomic E-state index is 13.1. The zero-order valence-corrected chi connectivity index (χ0v) is 30.9. The maximum Gasteiger partial charge on any atom is 0.336 e. The van der Waals surface area contributed by atoms with E-state index in [1.54, 1.807) is 12.1 Å². The third-order valence-corrected chi connectivity index (χ3v) is 13.1. The number of aliphatic hydroxyl groups excluding tert-OH is 1. The first-order chi connectivity index (χ1) is 25.7. The van der Waals surface area contributed by atoms with Gasteiger partial charge in [-0.25, -0.2) is 9.59 Å². The standard InChI is InChI=1S/C44H48N2O6S/c1-27-38(26-53-39-8-3-2-7-37(39)41(48)49)51-42(52-40(27)34-11-9-28(25-47)10-12-34)35-15-13-33(14-16-35)36-6-4-5-29(20-36)24-45-43(50)46-44-21-30-17-31(22-44)19-32(18-30)23-44/h2-16,20,27,30-32,38,40,42,47H,17-19,21-26H2,1H3,(H,48,49)(H2,45,46,50)/t27-,30?,31?,32?,38+,40+,42+,44?/m0/s1. The summed E-state index contributed by atoms with van der Waals surface area (Å²) in [7, 11) is 0. The van der Waals surface area contributed by atoms with Crippen molar-refractivity contribution in [1.82, 2.24) is 10.6 Å². The van der Waals surface area contributed by atoms with E-state index >= 15 is 0 Å². The molecule has 5 fully saturated rings. The third kappa shape index (κ3) is 7.90. The second-order valence-corrected chi connectivity index (χ2v) is 16.8. The van der Waals surface area contributed by atoms with E-state index < -0.39 is 12.3 Å². The van der Waals surface area contributed by atoms with Crippen LogP contribution < -0.4 is 10.6 Å². The Morgan fingerprint density at radius 3 is 2.15 bits per heavy atom. The fraction of sp³-hybridized carbons (Fsp3) is 0.409. The highest BCUT2D eigenvalue weighted by Crippen LogP contribution is 2.55. The number of benzene rings is 4. The van der Waals surface area contributed by atoms with Crippen molar-refractivity contribution in [2.24, 2.45) is 23.7 Å². The Hall–Kier alpha value is -4.15. The lowest BCUT2D eigenvalue weighted by atomic mass is 9.53. The first-order valence-electron chi connectivity index (χ1n) is 19.0. The summed E-state index contributed by atoms with van der Waals surface area (Å²) in [6.45, 7) is 2.54. The predicted octanol–water partition coefficient (Wildman–Crippen LogP) is 8.90. The molecule has 0 radical (unpaired) electrons. The van der Waals surface area contributed by atoms with Crippen molar-refractivity contribution in [3.05, 3.63) is 125 Å². The van der Waals surface area contributed by atoms with Gasteiger partial charge < -0.3 is 30.3 Å². The topological polar surface area (TPSA) is 117 Å². The molecule has 1 heterocycles. The smallest absolute Gasteiger partial charge is 0.336 e. The van der Waals surface area contributed by atoms with Crippen LogP contribution in [0.2, 0.25) is 0 Å². The molecule has 0 spiro atoms. The van der Waals surface area contributed by atoms with Gasteiger partial charge in [-0.15, -0.1) is 11.8 Å². The number of nitrogens with one attached hydrogen (secondary N) is 2. The summed E-state index contributed by atoms with van der Waals surface area (Å²) in [6, 6.07) is 31.3. The molecule has 1 aliphatic heterocycles. The summed E-state index contributed by atoms with van der Waals surface area (Å²) in [5.74, 6) is 1.92. The molecule has 1 saturated heterocycles. The van der Waals surface area contributed by atoms with E-state index in [1.165, 1.54) is 31.0 Å². The quantitative estimate of drug-likeness (QED) is 0.114. The fourth-order valence-electron chi connectivity index (χ4n) is 9.68. The van der Waals surface area contributed by atoms with Crippen LogP contribution in [-0.4, -0.2) is 39.6 Å². The highest BCUT2D eigenvalue weighted by atomic mass is 32.2. The van der Waals surface area contributed by atoms with E-state index in [-0.39, 0.29) is 41.9 Å². The summed E-state index contributed by atoms with van der Waals surface area (Å²) < 4.78 is 13.3. The zero-order valence-electron chi connectivity index (χ0n) is 30.1. The average molecular weight is 733 g/mol. The molecular formula is C44H48N2O6S. The van der Waals surface area contributed by atoms with Crippen LogP contribution >= 0.6 is 11.8 Å². The van der Waals surface area contributed by atoms with Gasteiger partial charge in [-0.05, 0) is 102 Å². The lowest BCUT2D eigenvalue weighted by molar-refractivity contribution is -0.268. The molecule has 8 nitrogen and oxygen atoms in total. The van der Waals surface area contributed by atoms with Crippen LogP contribution in [0.4, 0.5) is 4.79 Å². The lowest BCUT2D eigenvalue weighted by Crippen LogP contribution is -2.61. The number of carbonyl (C=O) groups excluding carboxylic acids is 1. The van der Waals surface area contributed by atoms with Crippen molar-refractivity contribution < 1.29 is 29.3 Å². The van der Waals surface area contributed by atoms with E-state index in [4.69, 9.17) is 9.47 Å². The van der Waals surface area contributed by atoms with Crippen LogP contribution in [0.5, 0.6) is 0 Å². The Morgan fingerprint density at radius 1 is 0.792 bits per heavy atom. The fourth-order valence-corrected chi connectivity index (χ4v) is 10.9. The van der Waals surface area contributed by atoms with Crippen LogP contribution in [0.15, 0.2) is 102 Å². The van der Waals surface area contributed by atoms with E-state index in [0.717, 1.165) is 70.4 Å². The SMILES string of the molecule is C[C@H]1[C@@H](CSc2ccccc2C(=O)O)O[C@@H](c2ccc(-c3cccc(CNC(=O)NC45CC6CC(CC(C6)C4)C5)c3)cc2)O[C@H]1c1ccc(CO)cc1. The number of rotatable bonds is 11. The minimum absolute atomic E-state index is 0.0125.